The van der Waals surface area contributed by atoms with Gasteiger partial charge >= 0.3 is 0 Å². The fourth-order valence-corrected chi connectivity index (χ4v) is 0.493. The lowest BCUT2D eigenvalue weighted by molar-refractivity contribution is 0.102. The van der Waals surface area contributed by atoms with Crippen LogP contribution in [0.2, 0.25) is 0 Å². The highest BCUT2D eigenvalue weighted by molar-refractivity contribution is 4.63. The maximum absolute atomic E-state index is 5.00. The highest BCUT2D eigenvalue weighted by Crippen LogP contribution is 2.18. The van der Waals surface area contributed by atoms with Crippen LogP contribution in [0, 0.1) is 5.41 Å². The molecule has 0 aliphatic carbocycles. The van der Waals surface area contributed by atoms with Crippen LogP contribution >= 0.6 is 0 Å². The molecule has 0 aromatic heterocycles. The number of rotatable bonds is 3. The maximum Gasteiger partial charge on any atom is 0.0513 e. The molecule has 58 valence electrons. The van der Waals surface area contributed by atoms with Crippen LogP contribution < -0.4 is 0 Å². The fourth-order valence-electron chi connectivity index (χ4n) is 0.493. The van der Waals surface area contributed by atoms with E-state index in [1.165, 1.54) is 6.42 Å². The van der Waals surface area contributed by atoms with Crippen LogP contribution in [0.5, 0.6) is 0 Å². The Bertz CT molecular complexity index is 57.6. The molecular formula is C8H20O. The second-order valence-corrected chi connectivity index (χ2v) is 2.95. The van der Waals surface area contributed by atoms with Crippen LogP contribution in [-0.4, -0.2) is 13.7 Å². The molecule has 1 nitrogen and oxygen atoms in total. The first-order valence-corrected chi connectivity index (χ1v) is 3.11. The first-order valence-electron chi connectivity index (χ1n) is 3.11. The van der Waals surface area contributed by atoms with Crippen molar-refractivity contribution >= 4 is 0 Å². The lowest BCUT2D eigenvalue weighted by atomic mass is 9.92. The Morgan fingerprint density at radius 2 is 1.78 bits per heavy atom. The number of ether oxygens (including phenoxy) is 1. The summed E-state index contributed by atoms with van der Waals surface area (Å²) in [6, 6.07) is 0. The van der Waals surface area contributed by atoms with Gasteiger partial charge in [-0.3, -0.25) is 0 Å². The Kier molecular flexibility index (Phi) is 6.25. The molecule has 0 aromatic rings. The van der Waals surface area contributed by atoms with Crippen LogP contribution in [0.4, 0.5) is 0 Å². The summed E-state index contributed by atoms with van der Waals surface area (Å²) in [6.45, 7) is 7.45. The molecule has 0 fully saturated rings. The summed E-state index contributed by atoms with van der Waals surface area (Å²) in [5.74, 6) is 0. The van der Waals surface area contributed by atoms with Crippen LogP contribution in [-0.2, 0) is 4.74 Å². The highest BCUT2D eigenvalue weighted by Gasteiger charge is 2.13. The molecule has 9 heavy (non-hydrogen) atoms. The standard InChI is InChI=1S/C7H16O.CH4/c1-5-7(2,3)6-8-4;/h5-6H2,1-4H3;1H4. The van der Waals surface area contributed by atoms with Crippen molar-refractivity contribution in [3.63, 3.8) is 0 Å². The van der Waals surface area contributed by atoms with Gasteiger partial charge in [0.15, 0.2) is 0 Å². The number of hydrogen-bond donors (Lipinski definition) is 0. The summed E-state index contributed by atoms with van der Waals surface area (Å²) in [5, 5.41) is 0. The number of hydrogen-bond acceptors (Lipinski definition) is 1. The average Bonchev–Trinajstić information content (AvgIpc) is 1.67. The second-order valence-electron chi connectivity index (χ2n) is 2.95. The van der Waals surface area contributed by atoms with Gasteiger partial charge in [0.1, 0.15) is 0 Å². The van der Waals surface area contributed by atoms with Crippen molar-refractivity contribution in [3.8, 4) is 0 Å². The van der Waals surface area contributed by atoms with E-state index in [-0.39, 0.29) is 7.43 Å². The molecule has 0 aromatic carbocycles. The van der Waals surface area contributed by atoms with E-state index in [2.05, 4.69) is 20.8 Å². The van der Waals surface area contributed by atoms with Crippen LogP contribution in [0.1, 0.15) is 34.6 Å². The average molecular weight is 132 g/mol. The van der Waals surface area contributed by atoms with E-state index in [1.54, 1.807) is 7.11 Å². The third kappa shape index (κ3) is 5.84. The van der Waals surface area contributed by atoms with Crippen molar-refractivity contribution in [1.29, 1.82) is 0 Å². The van der Waals surface area contributed by atoms with Crippen molar-refractivity contribution in [1.82, 2.24) is 0 Å². The summed E-state index contributed by atoms with van der Waals surface area (Å²) < 4.78 is 5.00. The van der Waals surface area contributed by atoms with Crippen LogP contribution in [0.25, 0.3) is 0 Å². The van der Waals surface area contributed by atoms with E-state index in [0.29, 0.717) is 5.41 Å². The van der Waals surface area contributed by atoms with Crippen molar-refractivity contribution in [2.45, 2.75) is 34.6 Å². The maximum atomic E-state index is 5.00. The molecule has 0 atom stereocenters. The first-order chi connectivity index (χ1) is 3.62. The summed E-state index contributed by atoms with van der Waals surface area (Å²) in [5.41, 5.74) is 0.370. The molecule has 0 heterocycles. The Labute approximate surface area is 59.4 Å². The topological polar surface area (TPSA) is 9.23 Å². The molecule has 0 aliphatic heterocycles. The zero-order valence-electron chi connectivity index (χ0n) is 6.32. The lowest BCUT2D eigenvalue weighted by Gasteiger charge is -2.20. The van der Waals surface area contributed by atoms with Gasteiger partial charge in [0, 0.05) is 7.11 Å². The van der Waals surface area contributed by atoms with E-state index in [9.17, 15) is 0 Å². The van der Waals surface area contributed by atoms with E-state index in [4.69, 9.17) is 4.74 Å². The van der Waals surface area contributed by atoms with Crippen molar-refractivity contribution in [2.24, 2.45) is 5.41 Å². The summed E-state index contributed by atoms with van der Waals surface area (Å²) in [4.78, 5) is 0. The van der Waals surface area contributed by atoms with Crippen molar-refractivity contribution in [2.75, 3.05) is 13.7 Å². The molecule has 0 spiro atoms. The molecule has 1 heteroatoms. The third-order valence-electron chi connectivity index (χ3n) is 1.49. The van der Waals surface area contributed by atoms with Gasteiger partial charge in [-0.05, 0) is 11.8 Å². The van der Waals surface area contributed by atoms with Crippen LogP contribution in [0.3, 0.4) is 0 Å². The molecule has 0 rings (SSSR count). The van der Waals surface area contributed by atoms with E-state index in [0.717, 1.165) is 6.61 Å². The molecule has 0 amide bonds. The summed E-state index contributed by atoms with van der Waals surface area (Å²) >= 11 is 0. The van der Waals surface area contributed by atoms with Gasteiger partial charge in [-0.1, -0.05) is 28.2 Å². The predicted octanol–water partition coefficient (Wildman–Crippen LogP) is 2.71. The van der Waals surface area contributed by atoms with E-state index >= 15 is 0 Å². The Hall–Kier alpha value is -0.0400. The van der Waals surface area contributed by atoms with Gasteiger partial charge in [0.05, 0.1) is 6.61 Å². The summed E-state index contributed by atoms with van der Waals surface area (Å²) in [7, 11) is 1.75. The quantitative estimate of drug-likeness (QED) is 0.573. The van der Waals surface area contributed by atoms with Crippen molar-refractivity contribution < 1.29 is 4.74 Å². The first kappa shape index (κ1) is 11.7. The summed E-state index contributed by atoms with van der Waals surface area (Å²) in [6.07, 6.45) is 1.18. The molecule has 0 bridgehead atoms. The van der Waals surface area contributed by atoms with Crippen LogP contribution in [0.15, 0.2) is 0 Å². The second kappa shape index (κ2) is 4.80. The monoisotopic (exact) mass is 132 g/mol. The van der Waals surface area contributed by atoms with Gasteiger partial charge in [-0.15, -0.1) is 0 Å². The normalized spacial score (nSPS) is 10.7. The lowest BCUT2D eigenvalue weighted by Crippen LogP contribution is -2.16. The van der Waals surface area contributed by atoms with Crippen molar-refractivity contribution in [3.05, 3.63) is 0 Å². The minimum absolute atomic E-state index is 0. The third-order valence-corrected chi connectivity index (χ3v) is 1.49. The zero-order valence-corrected chi connectivity index (χ0v) is 6.32. The highest BCUT2D eigenvalue weighted by atomic mass is 16.5. The zero-order chi connectivity index (χ0) is 6.62. The molecule has 0 unspecified atom stereocenters. The van der Waals surface area contributed by atoms with E-state index < -0.39 is 0 Å². The molecule has 0 saturated carbocycles. The largest absolute Gasteiger partial charge is 0.384 e. The Morgan fingerprint density at radius 3 is 1.89 bits per heavy atom. The number of methoxy groups -OCH3 is 1. The SMILES string of the molecule is C.CCC(C)(C)COC. The Balaban J connectivity index is 0. The van der Waals surface area contributed by atoms with Gasteiger partial charge in [0.25, 0.3) is 0 Å². The van der Waals surface area contributed by atoms with Gasteiger partial charge in [-0.25, -0.2) is 0 Å². The van der Waals surface area contributed by atoms with Gasteiger partial charge < -0.3 is 4.74 Å². The molecule has 0 saturated heterocycles. The smallest absolute Gasteiger partial charge is 0.0513 e. The Morgan fingerprint density at radius 1 is 1.33 bits per heavy atom. The van der Waals surface area contributed by atoms with E-state index in [1.807, 2.05) is 0 Å². The molecular weight excluding hydrogens is 112 g/mol. The fraction of sp³-hybridized carbons (Fsp3) is 1.00. The minimum Gasteiger partial charge on any atom is -0.384 e. The predicted molar refractivity (Wildman–Crippen MR) is 42.7 cm³/mol. The molecule has 0 radical (unpaired) electrons. The minimum atomic E-state index is 0. The van der Waals surface area contributed by atoms with Gasteiger partial charge in [-0.2, -0.15) is 0 Å². The van der Waals surface area contributed by atoms with Gasteiger partial charge in [0.2, 0.25) is 0 Å². The molecule has 0 N–H and O–H groups in total. The molecule has 0 aliphatic rings.